The first-order valence-corrected chi connectivity index (χ1v) is 4.03. The molecule has 3 heteroatoms. The summed E-state index contributed by atoms with van der Waals surface area (Å²) in [7, 11) is 0. The van der Waals surface area contributed by atoms with E-state index in [4.69, 9.17) is 0 Å². The summed E-state index contributed by atoms with van der Waals surface area (Å²) in [4.78, 5) is 21.7. The van der Waals surface area contributed by atoms with Gasteiger partial charge in [0.1, 0.15) is 0 Å². The second-order valence-corrected chi connectivity index (χ2v) is 2.41. The van der Waals surface area contributed by atoms with Crippen molar-refractivity contribution in [1.29, 1.82) is 0 Å². The molecule has 0 aromatic rings. The third kappa shape index (κ3) is 3.91. The normalized spacial score (nSPS) is 11.1. The lowest BCUT2D eigenvalue weighted by atomic mass is 10.2. The van der Waals surface area contributed by atoms with Gasteiger partial charge in [0.15, 0.2) is 0 Å². The highest BCUT2D eigenvalue weighted by Gasteiger charge is 2.09. The van der Waals surface area contributed by atoms with E-state index in [0.717, 1.165) is 6.42 Å². The minimum Gasteiger partial charge on any atom is -0.390 e. The number of rotatable bonds is 3. The maximum atomic E-state index is 11.0. The molecule has 0 amide bonds. The van der Waals surface area contributed by atoms with Gasteiger partial charge < -0.3 is 4.74 Å². The lowest BCUT2D eigenvalue weighted by Crippen LogP contribution is -2.11. The third-order valence-corrected chi connectivity index (χ3v) is 1.33. The fourth-order valence-corrected chi connectivity index (χ4v) is 0.646. The molecule has 0 saturated carbocycles. The van der Waals surface area contributed by atoms with Crippen LogP contribution in [0.1, 0.15) is 33.6 Å². The van der Waals surface area contributed by atoms with Gasteiger partial charge in [-0.3, -0.25) is 4.79 Å². The summed E-state index contributed by atoms with van der Waals surface area (Å²) < 4.78 is 4.47. The van der Waals surface area contributed by atoms with E-state index in [1.807, 2.05) is 6.92 Å². The summed E-state index contributed by atoms with van der Waals surface area (Å²) in [5, 5.41) is 0. The molecule has 0 spiro atoms. The van der Waals surface area contributed by atoms with Crippen molar-refractivity contribution in [3.8, 4) is 0 Å². The van der Waals surface area contributed by atoms with Gasteiger partial charge in [-0.2, -0.15) is 0 Å². The summed E-state index contributed by atoms with van der Waals surface area (Å²) >= 11 is 0. The monoisotopic (exact) mass is 170 g/mol. The number of ether oxygens (including phenoxy) is 1. The van der Waals surface area contributed by atoms with Crippen LogP contribution in [-0.2, 0) is 14.3 Å². The van der Waals surface area contributed by atoms with Gasteiger partial charge in [-0.25, -0.2) is 4.79 Å². The molecule has 0 unspecified atom stereocenters. The summed E-state index contributed by atoms with van der Waals surface area (Å²) in [6.07, 6.45) is 2.72. The SMILES string of the molecule is CCC=C(C)C(=O)OC(=O)CC. The molecule has 0 saturated heterocycles. The van der Waals surface area contributed by atoms with E-state index in [1.54, 1.807) is 19.9 Å². The van der Waals surface area contributed by atoms with Crippen LogP contribution >= 0.6 is 0 Å². The molecule has 0 fully saturated rings. The van der Waals surface area contributed by atoms with Crippen LogP contribution in [0.15, 0.2) is 11.6 Å². The minimum absolute atomic E-state index is 0.227. The van der Waals surface area contributed by atoms with E-state index >= 15 is 0 Å². The van der Waals surface area contributed by atoms with Crippen molar-refractivity contribution in [2.24, 2.45) is 0 Å². The van der Waals surface area contributed by atoms with E-state index in [0.29, 0.717) is 5.57 Å². The molecule has 0 rings (SSSR count). The summed E-state index contributed by atoms with van der Waals surface area (Å²) in [6.45, 7) is 5.20. The molecular weight excluding hydrogens is 156 g/mol. The van der Waals surface area contributed by atoms with Crippen LogP contribution < -0.4 is 0 Å². The zero-order valence-electron chi connectivity index (χ0n) is 7.72. The minimum atomic E-state index is -0.538. The molecule has 0 radical (unpaired) electrons. The Morgan fingerprint density at radius 3 is 2.33 bits per heavy atom. The molecule has 0 aliphatic heterocycles. The van der Waals surface area contributed by atoms with Crippen LogP contribution in [0.5, 0.6) is 0 Å². The predicted octanol–water partition coefficient (Wildman–Crippen LogP) is 1.82. The van der Waals surface area contributed by atoms with Gasteiger partial charge in [-0.1, -0.05) is 19.9 Å². The maximum absolute atomic E-state index is 11.0. The van der Waals surface area contributed by atoms with Crippen molar-refractivity contribution < 1.29 is 14.3 Å². The molecule has 0 aliphatic rings. The van der Waals surface area contributed by atoms with Crippen LogP contribution in [0.2, 0.25) is 0 Å². The Balaban J connectivity index is 4.04. The number of allylic oxidation sites excluding steroid dienone is 1. The molecule has 0 aliphatic carbocycles. The first kappa shape index (κ1) is 10.9. The van der Waals surface area contributed by atoms with E-state index in [-0.39, 0.29) is 6.42 Å². The highest BCUT2D eigenvalue weighted by Crippen LogP contribution is 1.99. The number of esters is 2. The van der Waals surface area contributed by atoms with Gasteiger partial charge >= 0.3 is 11.9 Å². The van der Waals surface area contributed by atoms with Crippen LogP contribution in [0, 0.1) is 0 Å². The van der Waals surface area contributed by atoms with Gasteiger partial charge in [0.05, 0.1) is 0 Å². The van der Waals surface area contributed by atoms with Crippen LogP contribution in [0.4, 0.5) is 0 Å². The molecule has 68 valence electrons. The molecule has 0 N–H and O–H groups in total. The van der Waals surface area contributed by atoms with E-state index in [9.17, 15) is 9.59 Å². The van der Waals surface area contributed by atoms with Crippen LogP contribution in [-0.4, -0.2) is 11.9 Å². The number of hydrogen-bond acceptors (Lipinski definition) is 3. The van der Waals surface area contributed by atoms with E-state index < -0.39 is 11.9 Å². The standard InChI is InChI=1S/C9H14O3/c1-4-6-7(3)9(11)12-8(10)5-2/h6H,4-5H2,1-3H3. The first-order chi connectivity index (χ1) is 5.61. The zero-order valence-corrected chi connectivity index (χ0v) is 7.72. The number of carbonyl (C=O) groups excluding carboxylic acids is 2. The predicted molar refractivity (Wildman–Crippen MR) is 45.4 cm³/mol. The molecule has 0 atom stereocenters. The van der Waals surface area contributed by atoms with Crippen molar-refractivity contribution >= 4 is 11.9 Å². The quantitative estimate of drug-likeness (QED) is 0.368. The lowest BCUT2D eigenvalue weighted by molar-refractivity contribution is -0.156. The second kappa shape index (κ2) is 5.52. The lowest BCUT2D eigenvalue weighted by Gasteiger charge is -1.99. The summed E-state index contributed by atoms with van der Waals surface area (Å²) in [5.74, 6) is -1.02. The number of hydrogen-bond donors (Lipinski definition) is 0. The van der Waals surface area contributed by atoms with Gasteiger partial charge in [0, 0.05) is 12.0 Å². The Kier molecular flexibility index (Phi) is 5.00. The number of carbonyl (C=O) groups is 2. The first-order valence-electron chi connectivity index (χ1n) is 4.03. The largest absolute Gasteiger partial charge is 0.390 e. The van der Waals surface area contributed by atoms with Crippen LogP contribution in [0.25, 0.3) is 0 Å². The van der Waals surface area contributed by atoms with Gasteiger partial charge in [0.25, 0.3) is 0 Å². The van der Waals surface area contributed by atoms with Gasteiger partial charge in [-0.05, 0) is 13.3 Å². The molecule has 0 aromatic heterocycles. The van der Waals surface area contributed by atoms with Crippen molar-refractivity contribution in [2.45, 2.75) is 33.6 Å². The van der Waals surface area contributed by atoms with E-state index in [1.165, 1.54) is 0 Å². The molecule has 12 heavy (non-hydrogen) atoms. The Morgan fingerprint density at radius 1 is 1.33 bits per heavy atom. The smallest absolute Gasteiger partial charge is 0.341 e. The average Bonchev–Trinajstić information content (AvgIpc) is 2.04. The maximum Gasteiger partial charge on any atom is 0.341 e. The summed E-state index contributed by atoms with van der Waals surface area (Å²) in [5.41, 5.74) is 0.485. The second-order valence-electron chi connectivity index (χ2n) is 2.41. The third-order valence-electron chi connectivity index (χ3n) is 1.33. The van der Waals surface area contributed by atoms with Crippen LogP contribution in [0.3, 0.4) is 0 Å². The summed E-state index contributed by atoms with van der Waals surface area (Å²) in [6, 6.07) is 0. The fourth-order valence-electron chi connectivity index (χ4n) is 0.646. The van der Waals surface area contributed by atoms with Crippen molar-refractivity contribution in [3.05, 3.63) is 11.6 Å². The molecule has 0 bridgehead atoms. The van der Waals surface area contributed by atoms with Crippen molar-refractivity contribution in [3.63, 3.8) is 0 Å². The molecule has 0 heterocycles. The Morgan fingerprint density at radius 2 is 1.92 bits per heavy atom. The molecule has 0 aromatic carbocycles. The highest BCUT2D eigenvalue weighted by atomic mass is 16.6. The average molecular weight is 170 g/mol. The highest BCUT2D eigenvalue weighted by molar-refractivity contribution is 5.95. The van der Waals surface area contributed by atoms with E-state index in [2.05, 4.69) is 4.74 Å². The Bertz CT molecular complexity index is 204. The van der Waals surface area contributed by atoms with Crippen molar-refractivity contribution in [1.82, 2.24) is 0 Å². The van der Waals surface area contributed by atoms with Gasteiger partial charge in [0.2, 0.25) is 0 Å². The topological polar surface area (TPSA) is 43.4 Å². The Hall–Kier alpha value is -1.12. The molecular formula is C9H14O3. The zero-order chi connectivity index (χ0) is 9.56. The van der Waals surface area contributed by atoms with Crippen molar-refractivity contribution in [2.75, 3.05) is 0 Å². The van der Waals surface area contributed by atoms with Gasteiger partial charge in [-0.15, -0.1) is 0 Å². The fraction of sp³-hybridized carbons (Fsp3) is 0.556. The Labute approximate surface area is 72.4 Å². The molecule has 3 nitrogen and oxygen atoms in total.